The largest absolute Gasteiger partial charge is 0.497 e. The van der Waals surface area contributed by atoms with Crippen LogP contribution in [0.5, 0.6) is 5.75 Å². The number of amides is 1. The van der Waals surface area contributed by atoms with E-state index in [9.17, 15) is 4.79 Å². The number of rotatable bonds is 5. The van der Waals surface area contributed by atoms with E-state index in [1.54, 1.807) is 25.7 Å². The molecule has 0 bridgehead atoms. The molecule has 1 amide bonds. The Labute approximate surface area is 169 Å². The van der Waals surface area contributed by atoms with Crippen molar-refractivity contribution in [1.29, 1.82) is 0 Å². The Kier molecular flexibility index (Phi) is 5.51. The molecule has 3 aromatic rings. The molecule has 0 spiro atoms. The predicted molar refractivity (Wildman–Crippen MR) is 111 cm³/mol. The minimum absolute atomic E-state index is 0.0569. The molecule has 0 unspecified atom stereocenters. The Morgan fingerprint density at radius 2 is 1.79 bits per heavy atom. The Hall–Kier alpha value is -3.68. The molecule has 3 heterocycles. The molecule has 29 heavy (non-hydrogen) atoms. The van der Waals surface area contributed by atoms with E-state index in [4.69, 9.17) is 4.74 Å². The summed E-state index contributed by atoms with van der Waals surface area (Å²) in [5.74, 6) is 2.05. The minimum atomic E-state index is -0.0569. The van der Waals surface area contributed by atoms with Crippen LogP contribution in [0.4, 0.5) is 17.5 Å². The lowest BCUT2D eigenvalue weighted by Crippen LogP contribution is -2.49. The molecule has 0 radical (unpaired) electrons. The second-order valence-electron chi connectivity index (χ2n) is 6.62. The van der Waals surface area contributed by atoms with Gasteiger partial charge in [-0.15, -0.1) is 0 Å². The molecule has 1 fully saturated rings. The third kappa shape index (κ3) is 4.43. The van der Waals surface area contributed by atoms with E-state index >= 15 is 0 Å². The first-order valence-corrected chi connectivity index (χ1v) is 9.41. The van der Waals surface area contributed by atoms with Crippen molar-refractivity contribution in [2.45, 2.75) is 0 Å². The van der Waals surface area contributed by atoms with Gasteiger partial charge in [-0.2, -0.15) is 0 Å². The number of methoxy groups -OCH3 is 1. The zero-order valence-corrected chi connectivity index (χ0v) is 16.2. The molecule has 2 aromatic heterocycles. The second kappa shape index (κ2) is 8.55. The van der Waals surface area contributed by atoms with Gasteiger partial charge in [-0.3, -0.25) is 4.79 Å². The van der Waals surface area contributed by atoms with Crippen molar-refractivity contribution >= 4 is 23.4 Å². The van der Waals surface area contributed by atoms with E-state index in [1.807, 2.05) is 47.4 Å². The first kappa shape index (κ1) is 18.7. The number of hydrogen-bond acceptors (Lipinski definition) is 7. The molecule has 8 nitrogen and oxygen atoms in total. The maximum atomic E-state index is 12.8. The standard InChI is InChI=1S/C21H22N6O2/c1-29-18-6-4-5-17(13-18)25-21-23-14-16(15-24-21)20(28)27-11-9-26(10-12-27)19-7-2-3-8-22-19/h2-8,13-15H,9-12H2,1H3,(H,23,24,25). The van der Waals surface area contributed by atoms with Crippen LogP contribution in [0.1, 0.15) is 10.4 Å². The number of ether oxygens (including phenoxy) is 1. The Balaban J connectivity index is 1.36. The van der Waals surface area contributed by atoms with Crippen molar-refractivity contribution < 1.29 is 9.53 Å². The van der Waals surface area contributed by atoms with Gasteiger partial charge in [0.05, 0.1) is 12.7 Å². The fourth-order valence-corrected chi connectivity index (χ4v) is 3.19. The van der Waals surface area contributed by atoms with Crippen LogP contribution in [0.15, 0.2) is 61.1 Å². The lowest BCUT2D eigenvalue weighted by molar-refractivity contribution is 0.0745. The molecular formula is C21H22N6O2. The van der Waals surface area contributed by atoms with E-state index < -0.39 is 0 Å². The second-order valence-corrected chi connectivity index (χ2v) is 6.62. The Morgan fingerprint density at radius 1 is 1.00 bits per heavy atom. The van der Waals surface area contributed by atoms with Gasteiger partial charge in [-0.25, -0.2) is 15.0 Å². The highest BCUT2D eigenvalue weighted by atomic mass is 16.5. The topological polar surface area (TPSA) is 83.5 Å². The third-order valence-electron chi connectivity index (χ3n) is 4.76. The van der Waals surface area contributed by atoms with E-state index in [1.165, 1.54) is 0 Å². The molecule has 8 heteroatoms. The SMILES string of the molecule is COc1cccc(Nc2ncc(C(=O)N3CCN(c4ccccn4)CC3)cn2)c1. The van der Waals surface area contributed by atoms with Gasteiger partial charge in [0.15, 0.2) is 0 Å². The van der Waals surface area contributed by atoms with Gasteiger partial charge < -0.3 is 19.9 Å². The number of aromatic nitrogens is 3. The van der Waals surface area contributed by atoms with Gasteiger partial charge >= 0.3 is 0 Å². The summed E-state index contributed by atoms with van der Waals surface area (Å²) in [5.41, 5.74) is 1.29. The number of anilines is 3. The van der Waals surface area contributed by atoms with Gasteiger partial charge in [0.1, 0.15) is 11.6 Å². The molecule has 1 aliphatic rings. The monoisotopic (exact) mass is 390 g/mol. The molecule has 1 aromatic carbocycles. The number of pyridine rings is 1. The summed E-state index contributed by atoms with van der Waals surface area (Å²) in [4.78, 5) is 29.7. The van der Waals surface area contributed by atoms with Crippen LogP contribution < -0.4 is 15.0 Å². The zero-order chi connectivity index (χ0) is 20.1. The van der Waals surface area contributed by atoms with Crippen LogP contribution in [0.3, 0.4) is 0 Å². The summed E-state index contributed by atoms with van der Waals surface area (Å²) < 4.78 is 5.21. The molecule has 0 atom stereocenters. The summed E-state index contributed by atoms with van der Waals surface area (Å²) in [5, 5.41) is 3.11. The maximum absolute atomic E-state index is 12.8. The van der Waals surface area contributed by atoms with Crippen LogP contribution in [-0.4, -0.2) is 59.0 Å². The highest BCUT2D eigenvalue weighted by Gasteiger charge is 2.23. The van der Waals surface area contributed by atoms with Gasteiger partial charge in [-0.1, -0.05) is 12.1 Å². The van der Waals surface area contributed by atoms with Gasteiger partial charge in [0.2, 0.25) is 5.95 Å². The Bertz CT molecular complexity index is 956. The third-order valence-corrected chi connectivity index (χ3v) is 4.76. The number of hydrogen-bond donors (Lipinski definition) is 1. The normalized spacial score (nSPS) is 13.8. The summed E-state index contributed by atoms with van der Waals surface area (Å²) in [6, 6.07) is 13.3. The predicted octanol–water partition coefficient (Wildman–Crippen LogP) is 2.59. The quantitative estimate of drug-likeness (QED) is 0.717. The number of nitrogens with one attached hydrogen (secondary N) is 1. The fraction of sp³-hybridized carbons (Fsp3) is 0.238. The molecule has 4 rings (SSSR count). The van der Waals surface area contributed by atoms with Crippen molar-refractivity contribution in [3.05, 3.63) is 66.6 Å². The summed E-state index contributed by atoms with van der Waals surface area (Å²) in [7, 11) is 1.62. The Morgan fingerprint density at radius 3 is 2.48 bits per heavy atom. The van der Waals surface area contributed by atoms with E-state index in [0.29, 0.717) is 24.6 Å². The molecular weight excluding hydrogens is 368 g/mol. The average Bonchev–Trinajstić information content (AvgIpc) is 2.80. The van der Waals surface area contributed by atoms with Crippen LogP contribution in [-0.2, 0) is 0 Å². The van der Waals surface area contributed by atoms with E-state index in [-0.39, 0.29) is 5.91 Å². The van der Waals surface area contributed by atoms with Crippen molar-refractivity contribution in [3.63, 3.8) is 0 Å². The molecule has 1 saturated heterocycles. The fourth-order valence-electron chi connectivity index (χ4n) is 3.19. The number of benzene rings is 1. The smallest absolute Gasteiger partial charge is 0.257 e. The van der Waals surface area contributed by atoms with Gasteiger partial charge in [0, 0.05) is 56.5 Å². The molecule has 1 aliphatic heterocycles. The van der Waals surface area contributed by atoms with Crippen molar-refractivity contribution in [2.75, 3.05) is 43.5 Å². The lowest BCUT2D eigenvalue weighted by Gasteiger charge is -2.35. The van der Waals surface area contributed by atoms with Crippen LogP contribution in [0.25, 0.3) is 0 Å². The summed E-state index contributed by atoms with van der Waals surface area (Å²) >= 11 is 0. The number of nitrogens with zero attached hydrogens (tertiary/aromatic N) is 5. The van der Waals surface area contributed by atoms with Crippen molar-refractivity contribution in [3.8, 4) is 5.75 Å². The maximum Gasteiger partial charge on any atom is 0.257 e. The number of piperazine rings is 1. The highest BCUT2D eigenvalue weighted by Crippen LogP contribution is 2.19. The number of carbonyl (C=O) groups excluding carboxylic acids is 1. The zero-order valence-electron chi connectivity index (χ0n) is 16.2. The van der Waals surface area contributed by atoms with Crippen LogP contribution in [0.2, 0.25) is 0 Å². The minimum Gasteiger partial charge on any atom is -0.497 e. The van der Waals surface area contributed by atoms with E-state index in [2.05, 4.69) is 25.2 Å². The summed E-state index contributed by atoms with van der Waals surface area (Å²) in [6.07, 6.45) is 4.90. The first-order chi connectivity index (χ1) is 14.2. The number of carbonyl (C=O) groups is 1. The average molecular weight is 390 g/mol. The molecule has 1 N–H and O–H groups in total. The van der Waals surface area contributed by atoms with Crippen molar-refractivity contribution in [1.82, 2.24) is 19.9 Å². The molecule has 148 valence electrons. The highest BCUT2D eigenvalue weighted by molar-refractivity contribution is 5.93. The van der Waals surface area contributed by atoms with Crippen molar-refractivity contribution in [2.24, 2.45) is 0 Å². The van der Waals surface area contributed by atoms with Crippen LogP contribution >= 0.6 is 0 Å². The van der Waals surface area contributed by atoms with E-state index in [0.717, 1.165) is 30.3 Å². The van der Waals surface area contributed by atoms with Gasteiger partial charge in [-0.05, 0) is 24.3 Å². The summed E-state index contributed by atoms with van der Waals surface area (Å²) in [6.45, 7) is 2.77. The van der Waals surface area contributed by atoms with Gasteiger partial charge in [0.25, 0.3) is 5.91 Å². The van der Waals surface area contributed by atoms with Crippen LogP contribution in [0, 0.1) is 0 Å². The molecule has 0 saturated carbocycles. The lowest BCUT2D eigenvalue weighted by atomic mass is 10.2. The molecule has 0 aliphatic carbocycles. The first-order valence-electron chi connectivity index (χ1n) is 9.41.